The van der Waals surface area contributed by atoms with Crippen LogP contribution in [0.25, 0.3) is 11.0 Å². The molecule has 3 aliphatic rings. The number of aliphatic hydroxyl groups excluding tert-OH is 1. The maximum Gasteiger partial charge on any atom is 0.247 e. The van der Waals surface area contributed by atoms with Crippen molar-refractivity contribution in [1.82, 2.24) is 25.2 Å². The zero-order valence-electron chi connectivity index (χ0n) is 23.9. The van der Waals surface area contributed by atoms with Crippen molar-refractivity contribution < 1.29 is 29.0 Å². The Bertz CT molecular complexity index is 1510. The maximum atomic E-state index is 14.2. The van der Waals surface area contributed by atoms with Crippen molar-refractivity contribution in [3.63, 3.8) is 0 Å². The molecule has 0 saturated carbocycles. The quantitative estimate of drug-likeness (QED) is 0.332. The highest BCUT2D eigenvalue weighted by molar-refractivity contribution is 6.02. The Morgan fingerprint density at radius 3 is 2.62 bits per heavy atom. The summed E-state index contributed by atoms with van der Waals surface area (Å²) in [6.45, 7) is 5.85. The zero-order valence-corrected chi connectivity index (χ0v) is 23.9. The fourth-order valence-corrected chi connectivity index (χ4v) is 7.18. The minimum absolute atomic E-state index is 0.0352. The fourth-order valence-electron chi connectivity index (χ4n) is 7.18. The lowest BCUT2D eigenvalue weighted by Gasteiger charge is -2.36. The summed E-state index contributed by atoms with van der Waals surface area (Å²) in [5.74, 6) is -2.11. The second-order valence-corrected chi connectivity index (χ2v) is 11.4. The van der Waals surface area contributed by atoms with Gasteiger partial charge in [-0.1, -0.05) is 24.3 Å². The molecule has 0 aliphatic carbocycles. The lowest BCUT2D eigenvalue weighted by Crippen LogP contribution is -2.58. The molecule has 3 saturated heterocycles. The SMILES string of the molecule is CCOc1ccc(NC(=O)[C@@H]2[C@H]3C(=O)N([C@@H](CC)CO)C(C(=O)NCn4nnc5ccccc54)C34CC[C@@]2(C)O4)cc1. The van der Waals surface area contributed by atoms with E-state index in [1.54, 1.807) is 28.9 Å². The predicted molar refractivity (Wildman–Crippen MR) is 152 cm³/mol. The van der Waals surface area contributed by atoms with Gasteiger partial charge in [-0.2, -0.15) is 0 Å². The lowest BCUT2D eigenvalue weighted by atomic mass is 9.66. The average molecular weight is 577 g/mol. The number of hydrogen-bond acceptors (Lipinski definition) is 8. The van der Waals surface area contributed by atoms with E-state index in [9.17, 15) is 19.5 Å². The number of para-hydroxylation sites is 1. The lowest BCUT2D eigenvalue weighted by molar-refractivity contribution is -0.149. The number of aromatic nitrogens is 3. The predicted octanol–water partition coefficient (Wildman–Crippen LogP) is 2.08. The molecule has 6 atom stereocenters. The maximum absolute atomic E-state index is 14.2. The molecule has 3 fully saturated rings. The van der Waals surface area contributed by atoms with Gasteiger partial charge in [0.1, 0.15) is 29.6 Å². The first-order valence-electron chi connectivity index (χ1n) is 14.5. The molecular formula is C30H36N6O6. The van der Waals surface area contributed by atoms with Crippen LogP contribution in [0.4, 0.5) is 5.69 Å². The Morgan fingerprint density at radius 1 is 1.14 bits per heavy atom. The van der Waals surface area contributed by atoms with Crippen LogP contribution in [0.15, 0.2) is 48.5 Å². The normalized spacial score (nSPS) is 28.6. The van der Waals surface area contributed by atoms with Gasteiger partial charge in [0.15, 0.2) is 0 Å². The van der Waals surface area contributed by atoms with Gasteiger partial charge in [0.2, 0.25) is 17.7 Å². The van der Waals surface area contributed by atoms with E-state index in [-0.39, 0.29) is 25.1 Å². The van der Waals surface area contributed by atoms with E-state index < -0.39 is 41.0 Å². The van der Waals surface area contributed by atoms with Gasteiger partial charge in [0.05, 0.1) is 42.2 Å². The Kier molecular flexibility index (Phi) is 7.14. The fraction of sp³-hybridized carbons (Fsp3) is 0.500. The van der Waals surface area contributed by atoms with Crippen LogP contribution in [0, 0.1) is 11.8 Å². The number of aliphatic hydroxyl groups is 1. The van der Waals surface area contributed by atoms with Gasteiger partial charge >= 0.3 is 0 Å². The number of ether oxygens (including phenoxy) is 2. The van der Waals surface area contributed by atoms with Crippen molar-refractivity contribution >= 4 is 34.4 Å². The molecular weight excluding hydrogens is 540 g/mol. The highest BCUT2D eigenvalue weighted by Gasteiger charge is 2.78. The van der Waals surface area contributed by atoms with Gasteiger partial charge in [0, 0.05) is 5.69 Å². The van der Waals surface area contributed by atoms with E-state index in [0.717, 1.165) is 5.52 Å². The standard InChI is InChI=1S/C30H36N6O6/c1-4-19(16-37)36-25(27(39)31-17-35-22-9-7-6-8-21(22)33-34-35)30-15-14-29(3,42-30)23(24(30)28(36)40)26(38)32-18-10-12-20(13-11-18)41-5-2/h6-13,19,23-25,37H,4-5,14-17H2,1-3H3,(H,31,39)(H,32,38)/t19-,23-,24-,25?,29+,30?/m0/s1. The number of benzene rings is 2. The molecule has 1 spiro atoms. The molecule has 6 rings (SSSR count). The van der Waals surface area contributed by atoms with Crippen LogP contribution in [0.1, 0.15) is 40.0 Å². The summed E-state index contributed by atoms with van der Waals surface area (Å²) in [6.07, 6.45) is 1.39. The number of likely N-dealkylation sites (tertiary alicyclic amines) is 1. The smallest absolute Gasteiger partial charge is 0.247 e. The molecule has 12 nitrogen and oxygen atoms in total. The van der Waals surface area contributed by atoms with Gasteiger partial charge in [-0.25, -0.2) is 4.68 Å². The highest BCUT2D eigenvalue weighted by atomic mass is 16.5. The van der Waals surface area contributed by atoms with Crippen LogP contribution >= 0.6 is 0 Å². The summed E-state index contributed by atoms with van der Waals surface area (Å²) < 4.78 is 13.7. The van der Waals surface area contributed by atoms with E-state index in [1.807, 2.05) is 45.0 Å². The molecule has 42 heavy (non-hydrogen) atoms. The molecule has 2 bridgehead atoms. The first kappa shape index (κ1) is 28.1. The molecule has 0 radical (unpaired) electrons. The third-order valence-electron chi connectivity index (χ3n) is 9.08. The van der Waals surface area contributed by atoms with Gasteiger partial charge in [-0.15, -0.1) is 5.10 Å². The zero-order chi connectivity index (χ0) is 29.6. The monoisotopic (exact) mass is 576 g/mol. The number of fused-ring (bicyclic) bond motifs is 2. The molecule has 2 aromatic carbocycles. The molecule has 1 aromatic heterocycles. The van der Waals surface area contributed by atoms with Crippen LogP contribution in [0.2, 0.25) is 0 Å². The summed E-state index contributed by atoms with van der Waals surface area (Å²) in [5, 5.41) is 24.4. The number of carbonyl (C=O) groups excluding carboxylic acids is 3. The molecule has 12 heteroatoms. The van der Waals surface area contributed by atoms with E-state index in [2.05, 4.69) is 20.9 Å². The highest BCUT2D eigenvalue weighted by Crippen LogP contribution is 2.63. The van der Waals surface area contributed by atoms with Crippen molar-refractivity contribution in [3.8, 4) is 5.75 Å². The summed E-state index contributed by atoms with van der Waals surface area (Å²) in [5.41, 5.74) is -0.108. The van der Waals surface area contributed by atoms with E-state index in [4.69, 9.17) is 9.47 Å². The van der Waals surface area contributed by atoms with Gasteiger partial charge in [-0.3, -0.25) is 14.4 Å². The van der Waals surface area contributed by atoms with Crippen LogP contribution < -0.4 is 15.4 Å². The summed E-state index contributed by atoms with van der Waals surface area (Å²) in [7, 11) is 0. The molecule has 3 amide bonds. The summed E-state index contributed by atoms with van der Waals surface area (Å²) >= 11 is 0. The van der Waals surface area contributed by atoms with E-state index in [1.165, 1.54) is 4.90 Å². The van der Waals surface area contributed by atoms with Crippen molar-refractivity contribution in [1.29, 1.82) is 0 Å². The van der Waals surface area contributed by atoms with Crippen LogP contribution in [-0.4, -0.2) is 79.2 Å². The number of nitrogens with one attached hydrogen (secondary N) is 2. The third-order valence-corrected chi connectivity index (χ3v) is 9.08. The first-order valence-corrected chi connectivity index (χ1v) is 14.5. The van der Waals surface area contributed by atoms with Crippen molar-refractivity contribution in [2.24, 2.45) is 11.8 Å². The van der Waals surface area contributed by atoms with Crippen molar-refractivity contribution in [3.05, 3.63) is 48.5 Å². The number of amides is 3. The van der Waals surface area contributed by atoms with Crippen molar-refractivity contribution in [2.45, 2.75) is 70.0 Å². The molecule has 2 unspecified atom stereocenters. The second-order valence-electron chi connectivity index (χ2n) is 11.4. The van der Waals surface area contributed by atoms with E-state index in [0.29, 0.717) is 42.8 Å². The number of carbonyl (C=O) groups is 3. The topological polar surface area (TPSA) is 148 Å². The van der Waals surface area contributed by atoms with Gasteiger partial charge < -0.3 is 30.1 Å². The number of hydrogen-bond donors (Lipinski definition) is 3. The largest absolute Gasteiger partial charge is 0.494 e. The summed E-state index contributed by atoms with van der Waals surface area (Å²) in [4.78, 5) is 43.5. The third kappa shape index (κ3) is 4.31. The number of anilines is 1. The Hall–Kier alpha value is -4.03. The molecule has 222 valence electrons. The molecule has 4 heterocycles. The molecule has 3 aliphatic heterocycles. The van der Waals surface area contributed by atoms with Gasteiger partial charge in [-0.05, 0) is 69.5 Å². The minimum atomic E-state index is -1.20. The Labute approximate surface area is 243 Å². The van der Waals surface area contributed by atoms with Crippen LogP contribution in [0.3, 0.4) is 0 Å². The van der Waals surface area contributed by atoms with E-state index >= 15 is 0 Å². The Balaban J connectivity index is 1.30. The second kappa shape index (κ2) is 10.7. The molecule has 3 aromatic rings. The first-order chi connectivity index (χ1) is 20.3. The van der Waals surface area contributed by atoms with Gasteiger partial charge in [0.25, 0.3) is 0 Å². The number of rotatable bonds is 10. The Morgan fingerprint density at radius 2 is 1.90 bits per heavy atom. The number of nitrogens with zero attached hydrogens (tertiary/aromatic N) is 4. The molecule has 3 N–H and O–H groups in total. The minimum Gasteiger partial charge on any atom is -0.494 e. The van der Waals surface area contributed by atoms with Crippen molar-refractivity contribution in [2.75, 3.05) is 18.5 Å². The van der Waals surface area contributed by atoms with Crippen LogP contribution in [-0.2, 0) is 25.8 Å². The van der Waals surface area contributed by atoms with Crippen LogP contribution in [0.5, 0.6) is 5.75 Å². The summed E-state index contributed by atoms with van der Waals surface area (Å²) in [6, 6.07) is 12.8. The average Bonchev–Trinajstić information content (AvgIpc) is 3.69.